The number of nitrogens with zero attached hydrogens (tertiary/aromatic N) is 3. The maximum Gasteiger partial charge on any atom is 0.434 e. The quantitative estimate of drug-likeness (QED) is 0.527. The number of aliphatic imine (C=N–C) groups is 1. The molecule has 6 nitrogen and oxygen atoms in total. The molecule has 1 aromatic rings. The molecule has 2 N–H and O–H groups in total. The zero-order valence-corrected chi connectivity index (χ0v) is 17.1. The minimum atomic E-state index is -4.41. The van der Waals surface area contributed by atoms with E-state index in [1.165, 1.54) is 6.42 Å². The van der Waals surface area contributed by atoms with Gasteiger partial charge in [0, 0.05) is 50.9 Å². The first-order chi connectivity index (χ1) is 13.3. The number of hydrogen-bond donors (Lipinski definition) is 2. The first kappa shape index (κ1) is 22.4. The van der Waals surface area contributed by atoms with E-state index in [1.54, 1.807) is 0 Å². The molecular formula is C18H28F3N5OS. The molecule has 0 aromatic carbocycles. The summed E-state index contributed by atoms with van der Waals surface area (Å²) in [5.74, 6) is 1.24. The molecule has 28 heavy (non-hydrogen) atoms. The minimum absolute atomic E-state index is 0.136. The average molecular weight is 420 g/mol. The van der Waals surface area contributed by atoms with Gasteiger partial charge in [-0.15, -0.1) is 11.3 Å². The number of halogens is 3. The zero-order valence-electron chi connectivity index (χ0n) is 16.3. The molecule has 1 aliphatic heterocycles. The molecule has 158 valence electrons. The van der Waals surface area contributed by atoms with Gasteiger partial charge in [-0.2, -0.15) is 13.2 Å². The third-order valence-electron chi connectivity index (χ3n) is 4.42. The molecule has 1 unspecified atom stereocenters. The van der Waals surface area contributed by atoms with Crippen molar-refractivity contribution in [1.29, 1.82) is 0 Å². The van der Waals surface area contributed by atoms with Crippen LogP contribution in [0.15, 0.2) is 10.4 Å². The fourth-order valence-electron chi connectivity index (χ4n) is 3.02. The topological polar surface area (TPSA) is 69.6 Å². The van der Waals surface area contributed by atoms with Crippen molar-refractivity contribution in [2.45, 2.75) is 45.7 Å². The molecule has 10 heteroatoms. The highest BCUT2D eigenvalue weighted by atomic mass is 32.1. The van der Waals surface area contributed by atoms with E-state index in [9.17, 15) is 18.0 Å². The molecule has 2 heterocycles. The number of rotatable bonds is 7. The predicted octanol–water partition coefficient (Wildman–Crippen LogP) is 2.91. The Kier molecular flexibility index (Phi) is 8.53. The van der Waals surface area contributed by atoms with E-state index < -0.39 is 11.9 Å². The molecule has 0 radical (unpaired) electrons. The summed E-state index contributed by atoms with van der Waals surface area (Å²) in [6, 6.07) is 0. The van der Waals surface area contributed by atoms with Gasteiger partial charge in [0.15, 0.2) is 11.7 Å². The molecule has 1 amide bonds. The maximum atomic E-state index is 12.6. The number of guanidine groups is 1. The zero-order chi connectivity index (χ0) is 20.6. The van der Waals surface area contributed by atoms with Crippen LogP contribution < -0.4 is 10.6 Å². The van der Waals surface area contributed by atoms with E-state index in [4.69, 9.17) is 0 Å². The van der Waals surface area contributed by atoms with Gasteiger partial charge in [0.2, 0.25) is 5.91 Å². The van der Waals surface area contributed by atoms with Crippen LogP contribution in [-0.4, -0.2) is 54.5 Å². The summed E-state index contributed by atoms with van der Waals surface area (Å²) in [5, 5.41) is 7.62. The van der Waals surface area contributed by atoms with Crippen molar-refractivity contribution in [2.75, 3.05) is 32.7 Å². The lowest BCUT2D eigenvalue weighted by molar-refractivity contribution is -0.140. The molecule has 1 aromatic heterocycles. The SMILES string of the molecule is CCNC(=NCCc1nc(C(F)(F)F)cs1)NCCC(=O)N1CCCC(C)C1. The summed E-state index contributed by atoms with van der Waals surface area (Å²) in [7, 11) is 0. The first-order valence-electron chi connectivity index (χ1n) is 9.61. The normalized spacial score (nSPS) is 18.2. The number of nitrogens with one attached hydrogen (secondary N) is 2. The van der Waals surface area contributed by atoms with Crippen molar-refractivity contribution in [3.8, 4) is 0 Å². The molecule has 0 spiro atoms. The number of thiazole rings is 1. The van der Waals surface area contributed by atoms with E-state index in [1.807, 2.05) is 11.8 Å². The third kappa shape index (κ3) is 7.29. The Hall–Kier alpha value is -1.84. The van der Waals surface area contributed by atoms with Gasteiger partial charge in [-0.1, -0.05) is 6.92 Å². The van der Waals surface area contributed by atoms with Crippen LogP contribution in [0.25, 0.3) is 0 Å². The largest absolute Gasteiger partial charge is 0.434 e. The summed E-state index contributed by atoms with van der Waals surface area (Å²) >= 11 is 0.988. The second-order valence-electron chi connectivity index (χ2n) is 6.90. The van der Waals surface area contributed by atoms with Crippen molar-refractivity contribution >= 4 is 23.2 Å². The molecule has 0 saturated carbocycles. The summed E-state index contributed by atoms with van der Waals surface area (Å²) in [4.78, 5) is 22.2. The Labute approximate surface area is 167 Å². The number of carbonyl (C=O) groups excluding carboxylic acids is 1. The molecule has 1 fully saturated rings. The molecule has 1 aliphatic rings. The lowest BCUT2D eigenvalue weighted by Gasteiger charge is -2.31. The Morgan fingerprint density at radius 1 is 1.43 bits per heavy atom. The van der Waals surface area contributed by atoms with E-state index in [2.05, 4.69) is 27.5 Å². The van der Waals surface area contributed by atoms with Crippen molar-refractivity contribution in [1.82, 2.24) is 20.5 Å². The van der Waals surface area contributed by atoms with Crippen molar-refractivity contribution in [3.05, 3.63) is 16.1 Å². The number of piperidine rings is 1. The highest BCUT2D eigenvalue weighted by Gasteiger charge is 2.33. The van der Waals surface area contributed by atoms with E-state index in [0.717, 1.165) is 36.2 Å². The van der Waals surface area contributed by atoms with Crippen LogP contribution in [0.3, 0.4) is 0 Å². The van der Waals surface area contributed by atoms with Crippen LogP contribution in [0.1, 0.15) is 43.8 Å². The van der Waals surface area contributed by atoms with Crippen LogP contribution in [0.4, 0.5) is 13.2 Å². The first-order valence-corrected chi connectivity index (χ1v) is 10.5. The van der Waals surface area contributed by atoms with Gasteiger partial charge >= 0.3 is 6.18 Å². The van der Waals surface area contributed by atoms with Crippen LogP contribution in [0, 0.1) is 5.92 Å². The van der Waals surface area contributed by atoms with Gasteiger partial charge in [-0.25, -0.2) is 4.98 Å². The second kappa shape index (κ2) is 10.6. The number of amides is 1. The standard InChI is InChI=1S/C18H28F3N5OS/c1-3-22-17(23-8-6-15-25-14(12-28-15)18(19,20)21)24-9-7-16(27)26-10-4-5-13(2)11-26/h12-13H,3-11H2,1-2H3,(H2,22,23,24). The molecule has 1 atom stereocenters. The number of aromatic nitrogens is 1. The van der Waals surface area contributed by atoms with Crippen molar-refractivity contribution < 1.29 is 18.0 Å². The van der Waals surface area contributed by atoms with E-state index >= 15 is 0 Å². The van der Waals surface area contributed by atoms with Crippen LogP contribution in [0.2, 0.25) is 0 Å². The minimum Gasteiger partial charge on any atom is -0.357 e. The summed E-state index contributed by atoms with van der Waals surface area (Å²) < 4.78 is 37.7. The number of hydrogen-bond acceptors (Lipinski definition) is 4. The number of alkyl halides is 3. The van der Waals surface area contributed by atoms with E-state index in [-0.39, 0.29) is 5.91 Å². The lowest BCUT2D eigenvalue weighted by Crippen LogP contribution is -2.42. The predicted molar refractivity (Wildman–Crippen MR) is 104 cm³/mol. The van der Waals surface area contributed by atoms with Crippen LogP contribution >= 0.6 is 11.3 Å². The summed E-state index contributed by atoms with van der Waals surface area (Å²) in [5.41, 5.74) is -0.855. The smallest absolute Gasteiger partial charge is 0.357 e. The molecule has 2 rings (SSSR count). The Bertz CT molecular complexity index is 662. The highest BCUT2D eigenvalue weighted by Crippen LogP contribution is 2.30. The van der Waals surface area contributed by atoms with Gasteiger partial charge in [-0.3, -0.25) is 9.79 Å². The van der Waals surface area contributed by atoms with Gasteiger partial charge in [0.1, 0.15) is 0 Å². The van der Waals surface area contributed by atoms with Gasteiger partial charge in [-0.05, 0) is 25.7 Å². The third-order valence-corrected chi connectivity index (χ3v) is 5.33. The fourth-order valence-corrected chi connectivity index (χ4v) is 3.82. The Morgan fingerprint density at radius 2 is 2.21 bits per heavy atom. The lowest BCUT2D eigenvalue weighted by atomic mass is 10.00. The number of carbonyl (C=O) groups is 1. The Morgan fingerprint density at radius 3 is 2.86 bits per heavy atom. The molecule has 0 bridgehead atoms. The monoisotopic (exact) mass is 419 g/mol. The molecule has 1 saturated heterocycles. The van der Waals surface area contributed by atoms with Gasteiger partial charge < -0.3 is 15.5 Å². The number of likely N-dealkylation sites (tertiary alicyclic amines) is 1. The van der Waals surface area contributed by atoms with Gasteiger partial charge in [0.25, 0.3) is 0 Å². The summed E-state index contributed by atoms with van der Waals surface area (Å²) in [6.07, 6.45) is -1.46. The maximum absolute atomic E-state index is 12.6. The Balaban J connectivity index is 1.77. The molecular weight excluding hydrogens is 391 g/mol. The molecule has 0 aliphatic carbocycles. The van der Waals surface area contributed by atoms with Gasteiger partial charge in [0.05, 0.1) is 5.01 Å². The van der Waals surface area contributed by atoms with Crippen molar-refractivity contribution in [2.24, 2.45) is 10.9 Å². The van der Waals surface area contributed by atoms with Crippen LogP contribution in [0.5, 0.6) is 0 Å². The second-order valence-corrected chi connectivity index (χ2v) is 7.84. The summed E-state index contributed by atoms with van der Waals surface area (Å²) in [6.45, 7) is 7.16. The van der Waals surface area contributed by atoms with Crippen molar-refractivity contribution in [3.63, 3.8) is 0 Å². The highest BCUT2D eigenvalue weighted by molar-refractivity contribution is 7.09. The van der Waals surface area contributed by atoms with Crippen LogP contribution in [-0.2, 0) is 17.4 Å². The van der Waals surface area contributed by atoms with E-state index in [0.29, 0.717) is 49.4 Å². The average Bonchev–Trinajstić information content (AvgIpc) is 3.11. The fraction of sp³-hybridized carbons (Fsp3) is 0.722.